The number of aromatic nitrogens is 5. The molecule has 3 aromatic heterocycles. The summed E-state index contributed by atoms with van der Waals surface area (Å²) in [4.78, 5) is 22.5. The summed E-state index contributed by atoms with van der Waals surface area (Å²) in [5, 5.41) is 9.96. The molecule has 30 heavy (non-hydrogen) atoms. The van der Waals surface area contributed by atoms with Crippen LogP contribution < -0.4 is 5.32 Å². The molecule has 2 N–H and O–H groups in total. The molecule has 1 fully saturated rings. The van der Waals surface area contributed by atoms with Crippen molar-refractivity contribution in [2.45, 2.75) is 64.1 Å². The third-order valence-corrected chi connectivity index (χ3v) is 7.07. The van der Waals surface area contributed by atoms with Crippen LogP contribution in [0.25, 0.3) is 11.2 Å². The third kappa shape index (κ3) is 4.79. The van der Waals surface area contributed by atoms with Gasteiger partial charge in [-0.1, -0.05) is 19.6 Å². The minimum absolute atomic E-state index is 0.182. The number of amides is 1. The van der Waals surface area contributed by atoms with E-state index < -0.39 is 8.07 Å². The van der Waals surface area contributed by atoms with E-state index in [1.54, 1.807) is 6.20 Å². The fourth-order valence-corrected chi connectivity index (χ4v) is 4.06. The highest BCUT2D eigenvalue weighted by atomic mass is 28.3. The van der Waals surface area contributed by atoms with Gasteiger partial charge in [-0.2, -0.15) is 5.10 Å². The number of rotatable bonds is 9. The van der Waals surface area contributed by atoms with Crippen molar-refractivity contribution in [3.63, 3.8) is 0 Å². The monoisotopic (exact) mass is 426 g/mol. The molecular formula is C21H30N6O2Si. The highest BCUT2D eigenvalue weighted by Crippen LogP contribution is 2.39. The van der Waals surface area contributed by atoms with Crippen LogP contribution in [0.15, 0.2) is 24.7 Å². The summed E-state index contributed by atoms with van der Waals surface area (Å²) in [7, 11) is -1.15. The fourth-order valence-electron chi connectivity index (χ4n) is 3.31. The Kier molecular flexibility index (Phi) is 5.74. The number of H-pyrrole nitrogens is 1. The number of nitrogens with one attached hydrogen (secondary N) is 2. The van der Waals surface area contributed by atoms with Gasteiger partial charge in [0.15, 0.2) is 5.65 Å². The van der Waals surface area contributed by atoms with E-state index in [4.69, 9.17) is 9.72 Å². The summed E-state index contributed by atoms with van der Waals surface area (Å²) in [6.45, 7) is 9.97. The SMILES string of the molecule is C[C@H](NC(=O)c1cn(COCC[Si](C)(C)C)c2ncc(C3CC3)nc12)c1cc[nH]n1. The molecule has 0 saturated heterocycles. The molecular weight excluding hydrogens is 396 g/mol. The Morgan fingerprint density at radius 2 is 2.20 bits per heavy atom. The highest BCUT2D eigenvalue weighted by Gasteiger charge is 2.27. The molecule has 1 saturated carbocycles. The maximum atomic E-state index is 13.1. The van der Waals surface area contributed by atoms with Crippen molar-refractivity contribution < 1.29 is 9.53 Å². The van der Waals surface area contributed by atoms with E-state index >= 15 is 0 Å². The van der Waals surface area contributed by atoms with E-state index in [0.29, 0.717) is 36.0 Å². The first-order valence-corrected chi connectivity index (χ1v) is 14.3. The van der Waals surface area contributed by atoms with Crippen LogP contribution >= 0.6 is 0 Å². The van der Waals surface area contributed by atoms with Crippen molar-refractivity contribution in [3.8, 4) is 0 Å². The van der Waals surface area contributed by atoms with E-state index in [2.05, 4.69) is 40.1 Å². The number of hydrogen-bond donors (Lipinski definition) is 2. The molecule has 0 bridgehead atoms. The summed E-state index contributed by atoms with van der Waals surface area (Å²) in [5.41, 5.74) is 3.60. The van der Waals surface area contributed by atoms with Crippen LogP contribution in [0.2, 0.25) is 25.7 Å². The van der Waals surface area contributed by atoms with Gasteiger partial charge in [-0.25, -0.2) is 9.97 Å². The van der Waals surface area contributed by atoms with Gasteiger partial charge < -0.3 is 14.6 Å². The predicted octanol–water partition coefficient (Wildman–Crippen LogP) is 3.84. The van der Waals surface area contributed by atoms with E-state index in [1.165, 1.54) is 0 Å². The zero-order chi connectivity index (χ0) is 21.3. The Labute approximate surface area is 177 Å². The van der Waals surface area contributed by atoms with Gasteiger partial charge in [0.05, 0.1) is 29.2 Å². The summed E-state index contributed by atoms with van der Waals surface area (Å²) in [5.74, 6) is 0.288. The van der Waals surface area contributed by atoms with Crippen molar-refractivity contribution in [2.24, 2.45) is 0 Å². The molecule has 0 radical (unpaired) electrons. The number of fused-ring (bicyclic) bond motifs is 1. The van der Waals surface area contributed by atoms with Crippen molar-refractivity contribution in [1.29, 1.82) is 0 Å². The van der Waals surface area contributed by atoms with E-state index in [1.807, 2.05) is 30.0 Å². The predicted molar refractivity (Wildman–Crippen MR) is 118 cm³/mol. The van der Waals surface area contributed by atoms with E-state index in [-0.39, 0.29) is 11.9 Å². The summed E-state index contributed by atoms with van der Waals surface area (Å²) < 4.78 is 7.80. The van der Waals surface area contributed by atoms with Crippen molar-refractivity contribution in [2.75, 3.05) is 6.61 Å². The van der Waals surface area contributed by atoms with Crippen LogP contribution in [0.3, 0.4) is 0 Å². The molecule has 3 aromatic rings. The first-order valence-electron chi connectivity index (χ1n) is 10.6. The molecule has 160 valence electrons. The van der Waals surface area contributed by atoms with Gasteiger partial charge in [0.2, 0.25) is 0 Å². The summed E-state index contributed by atoms with van der Waals surface area (Å²) in [6, 6.07) is 2.74. The third-order valence-electron chi connectivity index (χ3n) is 5.36. The van der Waals surface area contributed by atoms with Crippen molar-refractivity contribution >= 4 is 25.1 Å². The van der Waals surface area contributed by atoms with Gasteiger partial charge in [-0.3, -0.25) is 9.89 Å². The van der Waals surface area contributed by atoms with Gasteiger partial charge >= 0.3 is 0 Å². The maximum Gasteiger partial charge on any atom is 0.255 e. The molecule has 1 amide bonds. The first kappa shape index (κ1) is 20.7. The second kappa shape index (κ2) is 8.31. The quantitative estimate of drug-likeness (QED) is 0.400. The summed E-state index contributed by atoms with van der Waals surface area (Å²) >= 11 is 0. The van der Waals surface area contributed by atoms with Gasteiger partial charge in [-0.15, -0.1) is 0 Å². The highest BCUT2D eigenvalue weighted by molar-refractivity contribution is 6.76. The molecule has 3 heterocycles. The van der Waals surface area contributed by atoms with Crippen molar-refractivity contribution in [3.05, 3.63) is 41.6 Å². The minimum Gasteiger partial charge on any atom is -0.361 e. The molecule has 4 rings (SSSR count). The van der Waals surface area contributed by atoms with Crippen LogP contribution in [-0.2, 0) is 11.5 Å². The number of nitrogens with zero attached hydrogens (tertiary/aromatic N) is 4. The lowest BCUT2D eigenvalue weighted by Gasteiger charge is -2.15. The molecule has 9 heteroatoms. The molecule has 1 atom stereocenters. The van der Waals surface area contributed by atoms with Crippen LogP contribution in [-0.4, -0.2) is 45.3 Å². The van der Waals surface area contributed by atoms with Gasteiger partial charge in [0, 0.05) is 33.0 Å². The Balaban J connectivity index is 1.57. The number of ether oxygens (including phenoxy) is 1. The second-order valence-electron chi connectivity index (χ2n) is 9.30. The average molecular weight is 427 g/mol. The Morgan fingerprint density at radius 3 is 2.87 bits per heavy atom. The van der Waals surface area contributed by atoms with Crippen LogP contribution in [0.1, 0.15) is 53.5 Å². The molecule has 1 aliphatic rings. The molecule has 8 nitrogen and oxygen atoms in total. The van der Waals surface area contributed by atoms with Crippen LogP contribution in [0.4, 0.5) is 0 Å². The Hall–Kier alpha value is -2.52. The van der Waals surface area contributed by atoms with E-state index in [9.17, 15) is 4.79 Å². The molecule has 1 aliphatic carbocycles. The first-order chi connectivity index (χ1) is 14.3. The number of hydrogen-bond acceptors (Lipinski definition) is 5. The maximum absolute atomic E-state index is 13.1. The second-order valence-corrected chi connectivity index (χ2v) is 14.9. The average Bonchev–Trinajstić information content (AvgIpc) is 3.26. The molecule has 0 unspecified atom stereocenters. The largest absolute Gasteiger partial charge is 0.361 e. The van der Waals surface area contributed by atoms with Gasteiger partial charge in [-0.05, 0) is 31.9 Å². The number of carbonyl (C=O) groups excluding carboxylic acids is 1. The van der Waals surface area contributed by atoms with Gasteiger partial charge in [0.1, 0.15) is 12.2 Å². The standard InChI is InChI=1S/C21H30N6O2Si/c1-14(17-7-8-23-26-17)24-21(28)16-12-27(13-29-9-10-30(2,3)4)20-19(16)25-18(11-22-20)15-5-6-15/h7-8,11-12,14-15H,5-6,9-10,13H2,1-4H3,(H,23,26)(H,24,28)/t14-/m0/s1. The minimum atomic E-state index is -1.15. The lowest BCUT2D eigenvalue weighted by Crippen LogP contribution is -2.27. The Morgan fingerprint density at radius 1 is 1.40 bits per heavy atom. The molecule has 0 aliphatic heterocycles. The smallest absolute Gasteiger partial charge is 0.255 e. The zero-order valence-electron chi connectivity index (χ0n) is 18.1. The lowest BCUT2D eigenvalue weighted by molar-refractivity contribution is 0.0890. The van der Waals surface area contributed by atoms with Gasteiger partial charge in [0.25, 0.3) is 5.91 Å². The fraction of sp³-hybridized carbons (Fsp3) is 0.524. The number of aromatic amines is 1. The summed E-state index contributed by atoms with van der Waals surface area (Å²) in [6.07, 6.45) is 7.67. The van der Waals surface area contributed by atoms with Crippen LogP contribution in [0.5, 0.6) is 0 Å². The molecule has 0 aromatic carbocycles. The zero-order valence-corrected chi connectivity index (χ0v) is 19.1. The molecule has 0 spiro atoms. The van der Waals surface area contributed by atoms with Crippen molar-refractivity contribution in [1.82, 2.24) is 30.0 Å². The topological polar surface area (TPSA) is 97.7 Å². The lowest BCUT2D eigenvalue weighted by atomic mass is 10.2. The van der Waals surface area contributed by atoms with E-state index in [0.717, 1.165) is 30.3 Å². The Bertz CT molecular complexity index is 1020. The normalized spacial score (nSPS) is 15.5. The number of carbonyl (C=O) groups is 1. The van der Waals surface area contributed by atoms with Crippen LogP contribution in [0, 0.1) is 0 Å².